The van der Waals surface area contributed by atoms with Crippen LogP contribution in [0.4, 0.5) is 0 Å². The molecule has 4 unspecified atom stereocenters. The normalized spacial score (nSPS) is 14.6. The van der Waals surface area contributed by atoms with Crippen LogP contribution in [0.5, 0.6) is 0 Å². The van der Waals surface area contributed by atoms with Crippen LogP contribution in [0.3, 0.4) is 0 Å². The first-order chi connectivity index (χ1) is 16.6. The highest BCUT2D eigenvalue weighted by atomic mass is 32.2. The van der Waals surface area contributed by atoms with Crippen molar-refractivity contribution >= 4 is 35.5 Å². The molecule has 0 aliphatic carbocycles. The van der Waals surface area contributed by atoms with Crippen molar-refractivity contribution in [1.82, 2.24) is 25.9 Å². The van der Waals surface area contributed by atoms with Crippen molar-refractivity contribution in [1.29, 1.82) is 0 Å². The number of nitrogens with zero attached hydrogens (tertiary/aromatic N) is 1. The summed E-state index contributed by atoms with van der Waals surface area (Å²) < 4.78 is 0. The fourth-order valence-corrected chi connectivity index (χ4v) is 3.76. The van der Waals surface area contributed by atoms with Gasteiger partial charge in [0.05, 0.1) is 12.4 Å². The van der Waals surface area contributed by atoms with Gasteiger partial charge in [0.25, 0.3) is 0 Å². The topological polar surface area (TPSA) is 205 Å². The lowest BCUT2D eigenvalue weighted by atomic mass is 10.0. The van der Waals surface area contributed by atoms with Crippen molar-refractivity contribution < 1.29 is 24.3 Å². The summed E-state index contributed by atoms with van der Waals surface area (Å²) in [6.07, 6.45) is 7.08. The molecule has 1 heterocycles. The van der Waals surface area contributed by atoms with E-state index in [9.17, 15) is 24.3 Å². The van der Waals surface area contributed by atoms with Crippen LogP contribution in [0.15, 0.2) is 12.5 Å². The molecule has 0 fully saturated rings. The molecule has 0 aliphatic rings. The highest BCUT2D eigenvalue weighted by molar-refractivity contribution is 7.98. The largest absolute Gasteiger partial charge is 0.480 e. The first-order valence-corrected chi connectivity index (χ1v) is 13.1. The minimum atomic E-state index is -1.16. The van der Waals surface area contributed by atoms with Gasteiger partial charge in [-0.15, -0.1) is 0 Å². The smallest absolute Gasteiger partial charge is 0.326 e. The molecule has 9 N–H and O–H groups in total. The monoisotopic (exact) mass is 513 g/mol. The van der Waals surface area contributed by atoms with Crippen LogP contribution in [0, 0.1) is 5.92 Å². The fourth-order valence-electron chi connectivity index (χ4n) is 3.29. The molecule has 0 saturated carbocycles. The highest BCUT2D eigenvalue weighted by Crippen LogP contribution is 2.08. The Balaban J connectivity index is 2.98. The van der Waals surface area contributed by atoms with Crippen LogP contribution in [0.25, 0.3) is 0 Å². The Morgan fingerprint density at radius 1 is 1.06 bits per heavy atom. The lowest BCUT2D eigenvalue weighted by Gasteiger charge is -2.26. The molecule has 0 spiro atoms. The average molecular weight is 514 g/mol. The number of imidazole rings is 1. The van der Waals surface area contributed by atoms with E-state index in [1.165, 1.54) is 24.3 Å². The van der Waals surface area contributed by atoms with E-state index in [0.717, 1.165) is 6.42 Å². The second-order valence-corrected chi connectivity index (χ2v) is 9.63. The zero-order valence-electron chi connectivity index (χ0n) is 20.6. The number of aliphatic carboxylic acids is 1. The van der Waals surface area contributed by atoms with Crippen LogP contribution in [-0.2, 0) is 25.6 Å². The molecule has 0 aromatic carbocycles. The molecule has 13 heteroatoms. The lowest BCUT2D eigenvalue weighted by molar-refractivity contribution is -0.143. The van der Waals surface area contributed by atoms with Crippen molar-refractivity contribution in [2.45, 2.75) is 70.1 Å². The van der Waals surface area contributed by atoms with Gasteiger partial charge >= 0.3 is 5.97 Å². The summed E-state index contributed by atoms with van der Waals surface area (Å²) >= 11 is 1.49. The Hall–Kier alpha value is -2.64. The SMILES string of the molecule is CSCCC(NC(=O)C(Cc1cnc[nH]1)NC(=O)C(N)CCCCN)C(=O)NC(C(=O)O)C(C)C. The molecule has 0 radical (unpaired) electrons. The number of amides is 3. The number of unbranched alkanes of at least 4 members (excludes halogenated alkanes) is 1. The van der Waals surface area contributed by atoms with Crippen LogP contribution < -0.4 is 27.4 Å². The summed E-state index contributed by atoms with van der Waals surface area (Å²) in [7, 11) is 0. The molecule has 35 heavy (non-hydrogen) atoms. The second-order valence-electron chi connectivity index (χ2n) is 8.64. The van der Waals surface area contributed by atoms with Crippen molar-refractivity contribution in [2.75, 3.05) is 18.6 Å². The molecule has 1 aromatic heterocycles. The number of carboxylic acids is 1. The predicted octanol–water partition coefficient (Wildman–Crippen LogP) is -0.643. The predicted molar refractivity (Wildman–Crippen MR) is 134 cm³/mol. The first-order valence-electron chi connectivity index (χ1n) is 11.7. The maximum Gasteiger partial charge on any atom is 0.326 e. The first kappa shape index (κ1) is 30.4. The summed E-state index contributed by atoms with van der Waals surface area (Å²) in [6, 6.07) is -3.90. The molecule has 1 rings (SSSR count). The number of hydrogen-bond donors (Lipinski definition) is 7. The number of H-pyrrole nitrogens is 1. The zero-order valence-corrected chi connectivity index (χ0v) is 21.4. The molecular weight excluding hydrogens is 474 g/mol. The van der Waals surface area contributed by atoms with Crippen molar-refractivity contribution in [3.8, 4) is 0 Å². The van der Waals surface area contributed by atoms with Gasteiger partial charge in [0.15, 0.2) is 0 Å². The average Bonchev–Trinajstić information content (AvgIpc) is 3.32. The number of carboxylic acid groups (broad SMARTS) is 1. The Morgan fingerprint density at radius 3 is 2.26 bits per heavy atom. The van der Waals surface area contributed by atoms with Gasteiger partial charge in [-0.1, -0.05) is 20.3 Å². The Labute approximate surface area is 210 Å². The van der Waals surface area contributed by atoms with Crippen molar-refractivity contribution in [2.24, 2.45) is 17.4 Å². The van der Waals surface area contributed by atoms with E-state index in [1.807, 2.05) is 6.26 Å². The number of aromatic nitrogens is 2. The molecule has 1 aromatic rings. The van der Waals surface area contributed by atoms with E-state index in [2.05, 4.69) is 25.9 Å². The van der Waals surface area contributed by atoms with E-state index in [4.69, 9.17) is 11.5 Å². The lowest BCUT2D eigenvalue weighted by Crippen LogP contribution is -2.58. The van der Waals surface area contributed by atoms with Gasteiger partial charge in [-0.25, -0.2) is 9.78 Å². The number of thioether (sulfide) groups is 1. The quantitative estimate of drug-likeness (QED) is 0.132. The number of carbonyl (C=O) groups excluding carboxylic acids is 3. The van der Waals surface area contributed by atoms with Crippen molar-refractivity contribution in [3.05, 3.63) is 18.2 Å². The number of rotatable bonds is 17. The number of hydrogen-bond acceptors (Lipinski definition) is 8. The minimum Gasteiger partial charge on any atom is -0.480 e. The van der Waals surface area contributed by atoms with Crippen LogP contribution in [-0.4, -0.2) is 81.5 Å². The van der Waals surface area contributed by atoms with E-state index >= 15 is 0 Å². The third kappa shape index (κ3) is 11.1. The maximum atomic E-state index is 13.2. The second kappa shape index (κ2) is 16.1. The molecule has 0 saturated heterocycles. The third-order valence-electron chi connectivity index (χ3n) is 5.39. The third-order valence-corrected chi connectivity index (χ3v) is 6.04. The number of aromatic amines is 1. The molecule has 0 aliphatic heterocycles. The Morgan fingerprint density at radius 2 is 1.71 bits per heavy atom. The standard InChI is InChI=1S/C22H39N7O5S/c1-13(2)18(22(33)34)29-20(31)16(7-9-35-3)27-21(32)17(10-14-11-25-12-26-14)28-19(30)15(24)6-4-5-8-23/h11-13,15-18H,4-10,23-24H2,1-3H3,(H,25,26)(H,27,32)(H,28,30)(H,29,31)(H,33,34). The minimum absolute atomic E-state index is 0.105. The van der Waals surface area contributed by atoms with Gasteiger partial charge in [0.1, 0.15) is 18.1 Å². The van der Waals surface area contributed by atoms with Gasteiger partial charge in [-0.3, -0.25) is 14.4 Å². The summed E-state index contributed by atoms with van der Waals surface area (Å²) in [5, 5.41) is 17.3. The Kier molecular flexibility index (Phi) is 14.0. The summed E-state index contributed by atoms with van der Waals surface area (Å²) in [4.78, 5) is 57.1. The molecule has 12 nitrogen and oxygen atoms in total. The van der Waals surface area contributed by atoms with Crippen LogP contribution in [0.2, 0.25) is 0 Å². The zero-order chi connectivity index (χ0) is 26.4. The molecule has 4 atom stereocenters. The number of nitrogens with one attached hydrogen (secondary N) is 4. The van der Waals surface area contributed by atoms with Crippen molar-refractivity contribution in [3.63, 3.8) is 0 Å². The van der Waals surface area contributed by atoms with E-state index in [1.54, 1.807) is 13.8 Å². The number of carbonyl (C=O) groups is 4. The van der Waals surface area contributed by atoms with E-state index in [0.29, 0.717) is 30.8 Å². The Bertz CT molecular complexity index is 806. The van der Waals surface area contributed by atoms with Crippen LogP contribution in [0.1, 0.15) is 45.2 Å². The molecular formula is C22H39N7O5S. The van der Waals surface area contributed by atoms with Gasteiger partial charge < -0.3 is 37.5 Å². The highest BCUT2D eigenvalue weighted by Gasteiger charge is 2.31. The molecule has 198 valence electrons. The van der Waals surface area contributed by atoms with Gasteiger partial charge in [0, 0.05) is 18.3 Å². The van der Waals surface area contributed by atoms with Gasteiger partial charge in [-0.05, 0) is 43.7 Å². The van der Waals surface area contributed by atoms with Crippen LogP contribution >= 0.6 is 11.8 Å². The molecule has 3 amide bonds. The number of nitrogens with two attached hydrogens (primary N) is 2. The van der Waals surface area contributed by atoms with Gasteiger partial charge in [0.2, 0.25) is 17.7 Å². The summed E-state index contributed by atoms with van der Waals surface area (Å²) in [5.74, 6) is -2.62. The van der Waals surface area contributed by atoms with E-state index in [-0.39, 0.29) is 18.8 Å². The maximum absolute atomic E-state index is 13.2. The summed E-state index contributed by atoms with van der Waals surface area (Å²) in [5.41, 5.74) is 12.1. The fraction of sp³-hybridized carbons (Fsp3) is 0.682. The summed E-state index contributed by atoms with van der Waals surface area (Å²) in [6.45, 7) is 3.86. The van der Waals surface area contributed by atoms with Gasteiger partial charge in [-0.2, -0.15) is 11.8 Å². The van der Waals surface area contributed by atoms with E-state index < -0.39 is 47.9 Å². The molecule has 0 bridgehead atoms.